The van der Waals surface area contributed by atoms with Gasteiger partial charge in [-0.05, 0) is 38.1 Å². The van der Waals surface area contributed by atoms with Crippen LogP contribution in [0.15, 0.2) is 6.07 Å². The summed E-state index contributed by atoms with van der Waals surface area (Å²) in [6.45, 7) is 4.38. The maximum absolute atomic E-state index is 10.1. The molecule has 4 nitrogen and oxygen atoms in total. The molecular formula is C13H21NO3. The normalized spacial score (nSPS) is 12.4. The van der Waals surface area contributed by atoms with Crippen LogP contribution < -0.4 is 14.8 Å². The molecule has 0 radical (unpaired) electrons. The van der Waals surface area contributed by atoms with Gasteiger partial charge in [0.1, 0.15) is 0 Å². The molecule has 1 atom stereocenters. The molecule has 0 aliphatic carbocycles. The zero-order valence-electron chi connectivity index (χ0n) is 11.1. The number of rotatable bonds is 5. The van der Waals surface area contributed by atoms with Crippen molar-refractivity contribution in [3.8, 4) is 11.5 Å². The molecule has 1 unspecified atom stereocenters. The highest BCUT2D eigenvalue weighted by molar-refractivity contribution is 5.55. The second-order valence-corrected chi connectivity index (χ2v) is 4.05. The van der Waals surface area contributed by atoms with E-state index in [1.807, 2.05) is 27.0 Å². The van der Waals surface area contributed by atoms with Crippen molar-refractivity contribution in [3.63, 3.8) is 0 Å². The fourth-order valence-electron chi connectivity index (χ4n) is 2.04. The van der Waals surface area contributed by atoms with Gasteiger partial charge < -0.3 is 19.9 Å². The van der Waals surface area contributed by atoms with Gasteiger partial charge in [0.25, 0.3) is 0 Å². The highest BCUT2D eigenvalue weighted by Gasteiger charge is 2.18. The first kappa shape index (κ1) is 13.8. The maximum Gasteiger partial charge on any atom is 0.164 e. The summed E-state index contributed by atoms with van der Waals surface area (Å²) in [6.07, 6.45) is -0.543. The molecule has 4 heteroatoms. The van der Waals surface area contributed by atoms with E-state index in [2.05, 4.69) is 5.32 Å². The molecule has 0 spiro atoms. The van der Waals surface area contributed by atoms with Gasteiger partial charge in [-0.1, -0.05) is 0 Å². The molecule has 0 aliphatic rings. The third-order valence-corrected chi connectivity index (χ3v) is 2.87. The Morgan fingerprint density at radius 3 is 2.29 bits per heavy atom. The molecule has 1 aromatic carbocycles. The number of benzene rings is 1. The lowest BCUT2D eigenvalue weighted by atomic mass is 9.98. The molecule has 0 bridgehead atoms. The summed E-state index contributed by atoms with van der Waals surface area (Å²) in [7, 11) is 5.04. The largest absolute Gasteiger partial charge is 0.493 e. The van der Waals surface area contributed by atoms with Crippen LogP contribution in [0.5, 0.6) is 11.5 Å². The van der Waals surface area contributed by atoms with Crippen LogP contribution in [0.25, 0.3) is 0 Å². The van der Waals surface area contributed by atoms with E-state index in [1.165, 1.54) is 0 Å². The molecule has 0 saturated heterocycles. The number of aliphatic hydroxyl groups is 1. The third-order valence-electron chi connectivity index (χ3n) is 2.87. The van der Waals surface area contributed by atoms with Crippen molar-refractivity contribution in [3.05, 3.63) is 22.8 Å². The second-order valence-electron chi connectivity index (χ2n) is 4.05. The Kier molecular flexibility index (Phi) is 4.78. The van der Waals surface area contributed by atoms with E-state index in [0.29, 0.717) is 12.3 Å². The summed E-state index contributed by atoms with van der Waals surface area (Å²) in [5.41, 5.74) is 2.74. The van der Waals surface area contributed by atoms with E-state index in [4.69, 9.17) is 9.47 Å². The Labute approximate surface area is 103 Å². The lowest BCUT2D eigenvalue weighted by Crippen LogP contribution is -2.18. The molecule has 96 valence electrons. The first-order valence-electron chi connectivity index (χ1n) is 5.61. The topological polar surface area (TPSA) is 50.7 Å². The molecule has 2 N–H and O–H groups in total. The number of aryl methyl sites for hydroxylation is 1. The number of methoxy groups -OCH3 is 2. The van der Waals surface area contributed by atoms with E-state index in [9.17, 15) is 5.11 Å². The lowest BCUT2D eigenvalue weighted by Gasteiger charge is -2.19. The summed E-state index contributed by atoms with van der Waals surface area (Å²) >= 11 is 0. The zero-order chi connectivity index (χ0) is 13.0. The number of hydrogen-bond donors (Lipinski definition) is 2. The first-order valence-corrected chi connectivity index (χ1v) is 5.61. The SMILES string of the molecule is CNCC(O)c1cc(C)c(OC)c(OC)c1C. The molecule has 0 heterocycles. The molecular weight excluding hydrogens is 218 g/mol. The molecule has 0 aromatic heterocycles. The van der Waals surface area contributed by atoms with Gasteiger partial charge in [0.2, 0.25) is 0 Å². The second kappa shape index (κ2) is 5.89. The van der Waals surface area contributed by atoms with Gasteiger partial charge in [0.05, 0.1) is 20.3 Å². The molecule has 17 heavy (non-hydrogen) atoms. The van der Waals surface area contributed by atoms with Gasteiger partial charge in [-0.25, -0.2) is 0 Å². The highest BCUT2D eigenvalue weighted by Crippen LogP contribution is 2.38. The quantitative estimate of drug-likeness (QED) is 0.819. The van der Waals surface area contributed by atoms with Gasteiger partial charge in [0.15, 0.2) is 11.5 Å². The van der Waals surface area contributed by atoms with Gasteiger partial charge in [-0.15, -0.1) is 0 Å². The number of nitrogens with one attached hydrogen (secondary N) is 1. The predicted octanol–water partition coefficient (Wildman–Crippen LogP) is 1.57. The molecule has 0 fully saturated rings. The summed E-state index contributed by atoms with van der Waals surface area (Å²) in [6, 6.07) is 1.94. The summed E-state index contributed by atoms with van der Waals surface area (Å²) in [5.74, 6) is 1.42. The van der Waals surface area contributed by atoms with Gasteiger partial charge >= 0.3 is 0 Å². The van der Waals surface area contributed by atoms with Crippen LogP contribution in [0.4, 0.5) is 0 Å². The smallest absolute Gasteiger partial charge is 0.164 e. The van der Waals surface area contributed by atoms with E-state index in [-0.39, 0.29) is 0 Å². The average molecular weight is 239 g/mol. The lowest BCUT2D eigenvalue weighted by molar-refractivity contribution is 0.176. The van der Waals surface area contributed by atoms with Crippen molar-refractivity contribution in [1.82, 2.24) is 5.32 Å². The van der Waals surface area contributed by atoms with Crippen molar-refractivity contribution in [1.29, 1.82) is 0 Å². The first-order chi connectivity index (χ1) is 8.06. The van der Waals surface area contributed by atoms with Crippen molar-refractivity contribution in [2.24, 2.45) is 0 Å². The number of aliphatic hydroxyl groups excluding tert-OH is 1. The van der Waals surface area contributed by atoms with Crippen LogP contribution in [-0.4, -0.2) is 32.9 Å². The summed E-state index contributed by atoms with van der Waals surface area (Å²) < 4.78 is 10.7. The van der Waals surface area contributed by atoms with Gasteiger partial charge in [0, 0.05) is 12.1 Å². The van der Waals surface area contributed by atoms with Crippen LogP contribution in [0.3, 0.4) is 0 Å². The minimum atomic E-state index is -0.543. The highest BCUT2D eigenvalue weighted by atomic mass is 16.5. The molecule has 1 aromatic rings. The van der Waals surface area contributed by atoms with Crippen molar-refractivity contribution in [2.45, 2.75) is 20.0 Å². The fraction of sp³-hybridized carbons (Fsp3) is 0.538. The van der Waals surface area contributed by atoms with Gasteiger partial charge in [-0.3, -0.25) is 0 Å². The van der Waals surface area contributed by atoms with Crippen molar-refractivity contribution in [2.75, 3.05) is 27.8 Å². The third kappa shape index (κ3) is 2.70. The van der Waals surface area contributed by atoms with E-state index in [0.717, 1.165) is 22.4 Å². The minimum absolute atomic E-state index is 0.510. The minimum Gasteiger partial charge on any atom is -0.493 e. The maximum atomic E-state index is 10.1. The Bertz CT molecular complexity index is 391. The Morgan fingerprint density at radius 2 is 1.82 bits per heavy atom. The van der Waals surface area contributed by atoms with E-state index < -0.39 is 6.10 Å². The molecule has 0 amide bonds. The van der Waals surface area contributed by atoms with Gasteiger partial charge in [-0.2, -0.15) is 0 Å². The van der Waals surface area contributed by atoms with Crippen molar-refractivity contribution < 1.29 is 14.6 Å². The monoisotopic (exact) mass is 239 g/mol. The van der Waals surface area contributed by atoms with Crippen LogP contribution in [0.1, 0.15) is 22.8 Å². The molecule has 1 rings (SSSR count). The van der Waals surface area contributed by atoms with Crippen LogP contribution in [0.2, 0.25) is 0 Å². The Morgan fingerprint density at radius 1 is 1.24 bits per heavy atom. The number of ether oxygens (including phenoxy) is 2. The summed E-state index contributed by atoms with van der Waals surface area (Å²) in [5, 5.41) is 13.0. The van der Waals surface area contributed by atoms with E-state index >= 15 is 0 Å². The number of hydrogen-bond acceptors (Lipinski definition) is 4. The molecule has 0 aliphatic heterocycles. The standard InChI is InChI=1S/C13H21NO3/c1-8-6-10(11(15)7-14-3)9(2)13(17-5)12(8)16-4/h6,11,14-15H,7H2,1-5H3. The zero-order valence-corrected chi connectivity index (χ0v) is 11.1. The number of likely N-dealkylation sites (N-methyl/N-ethyl adjacent to an activating group) is 1. The van der Waals surface area contributed by atoms with Crippen LogP contribution in [-0.2, 0) is 0 Å². The fourth-order valence-corrected chi connectivity index (χ4v) is 2.04. The average Bonchev–Trinajstić information content (AvgIpc) is 2.31. The Hall–Kier alpha value is -1.26. The Balaban J connectivity index is 3.30. The predicted molar refractivity (Wildman–Crippen MR) is 67.9 cm³/mol. The molecule has 0 saturated carbocycles. The van der Waals surface area contributed by atoms with Crippen molar-refractivity contribution >= 4 is 0 Å². The van der Waals surface area contributed by atoms with E-state index in [1.54, 1.807) is 14.2 Å². The van der Waals surface area contributed by atoms with Crippen LogP contribution in [0, 0.1) is 13.8 Å². The van der Waals surface area contributed by atoms with Crippen LogP contribution >= 0.6 is 0 Å². The summed E-state index contributed by atoms with van der Waals surface area (Å²) in [4.78, 5) is 0.